The molecule has 0 aliphatic heterocycles. The Morgan fingerprint density at radius 1 is 1.21 bits per heavy atom. The van der Waals surface area contributed by atoms with Gasteiger partial charge in [-0.15, -0.1) is 11.3 Å². The van der Waals surface area contributed by atoms with Crippen LogP contribution in [0.15, 0.2) is 0 Å². The maximum Gasteiger partial charge on any atom is 0.185 e. The van der Waals surface area contributed by atoms with Crippen molar-refractivity contribution in [2.75, 3.05) is 45.4 Å². The Labute approximate surface area is 119 Å². The van der Waals surface area contributed by atoms with Crippen LogP contribution in [0.4, 0.5) is 5.13 Å². The van der Waals surface area contributed by atoms with Crippen molar-refractivity contribution in [1.29, 1.82) is 0 Å². The van der Waals surface area contributed by atoms with Gasteiger partial charge in [0.15, 0.2) is 5.13 Å². The minimum Gasteiger partial charge on any atom is -0.383 e. The smallest absolute Gasteiger partial charge is 0.185 e. The lowest BCUT2D eigenvalue weighted by molar-refractivity contribution is 0.190. The number of methoxy groups -OCH3 is 2. The van der Waals surface area contributed by atoms with E-state index in [-0.39, 0.29) is 0 Å². The molecule has 0 saturated carbocycles. The normalized spacial score (nSPS) is 11.3. The molecule has 0 aromatic carbocycles. The first-order chi connectivity index (χ1) is 9.13. The predicted octanol–water partition coefficient (Wildman–Crippen LogP) is 1.82. The van der Waals surface area contributed by atoms with E-state index in [1.807, 2.05) is 0 Å². The zero-order valence-electron chi connectivity index (χ0n) is 12.3. The lowest BCUT2D eigenvalue weighted by Gasteiger charge is -2.20. The van der Waals surface area contributed by atoms with E-state index in [2.05, 4.69) is 18.7 Å². The van der Waals surface area contributed by atoms with E-state index in [4.69, 9.17) is 20.2 Å². The number of nitrogens with two attached hydrogens (primary N) is 1. The van der Waals surface area contributed by atoms with Gasteiger partial charge in [-0.2, -0.15) is 0 Å². The minimum absolute atomic E-state index is 0.398. The quantitative estimate of drug-likeness (QED) is 0.751. The Kier molecular flexibility index (Phi) is 7.30. The van der Waals surface area contributed by atoms with Crippen molar-refractivity contribution in [1.82, 2.24) is 4.98 Å². The number of ether oxygens (including phenoxy) is 2. The molecule has 5 nitrogen and oxygen atoms in total. The van der Waals surface area contributed by atoms with Crippen LogP contribution in [0.5, 0.6) is 0 Å². The van der Waals surface area contributed by atoms with Crippen LogP contribution in [0.2, 0.25) is 0 Å². The average Bonchev–Trinajstić information content (AvgIpc) is 2.83. The molecule has 0 amide bonds. The molecule has 6 heteroatoms. The lowest BCUT2D eigenvalue weighted by atomic mass is 10.1. The average molecular weight is 287 g/mol. The van der Waals surface area contributed by atoms with Crippen molar-refractivity contribution in [3.05, 3.63) is 10.6 Å². The van der Waals surface area contributed by atoms with Gasteiger partial charge < -0.3 is 20.1 Å². The molecule has 0 radical (unpaired) electrons. The third-order valence-electron chi connectivity index (χ3n) is 2.85. The van der Waals surface area contributed by atoms with Gasteiger partial charge in [-0.3, -0.25) is 0 Å². The number of aromatic nitrogens is 1. The van der Waals surface area contributed by atoms with E-state index in [0.29, 0.717) is 25.7 Å². The molecule has 0 spiro atoms. The third-order valence-corrected chi connectivity index (χ3v) is 4.00. The topological polar surface area (TPSA) is 60.6 Å². The Balaban J connectivity index is 2.87. The SMILES string of the molecule is COCCN(CCOC)c1nc(C(C)C)c(CN)s1. The van der Waals surface area contributed by atoms with Crippen molar-refractivity contribution >= 4 is 16.5 Å². The standard InChI is InChI=1S/C13H25N3O2S/c1-10(2)12-11(9-14)19-13(15-12)16(5-7-17-3)6-8-18-4/h10H,5-9,14H2,1-4H3. The molecule has 1 heterocycles. The molecule has 0 saturated heterocycles. The van der Waals surface area contributed by atoms with Gasteiger partial charge in [0, 0.05) is 38.7 Å². The van der Waals surface area contributed by atoms with Crippen LogP contribution in [-0.4, -0.2) is 45.5 Å². The van der Waals surface area contributed by atoms with Gasteiger partial charge in [-0.05, 0) is 5.92 Å². The predicted molar refractivity (Wildman–Crippen MR) is 80.1 cm³/mol. The summed E-state index contributed by atoms with van der Waals surface area (Å²) in [7, 11) is 3.42. The number of anilines is 1. The van der Waals surface area contributed by atoms with Gasteiger partial charge in [-0.25, -0.2) is 4.98 Å². The molecule has 1 rings (SSSR count). The summed E-state index contributed by atoms with van der Waals surface area (Å²) in [6.07, 6.45) is 0. The molecule has 0 fully saturated rings. The first kappa shape index (κ1) is 16.4. The van der Waals surface area contributed by atoms with Gasteiger partial charge in [0.25, 0.3) is 0 Å². The number of hydrogen-bond acceptors (Lipinski definition) is 6. The van der Waals surface area contributed by atoms with Crippen LogP contribution in [0.1, 0.15) is 30.3 Å². The van der Waals surface area contributed by atoms with Crippen LogP contribution in [0, 0.1) is 0 Å². The summed E-state index contributed by atoms with van der Waals surface area (Å²) < 4.78 is 10.3. The molecule has 2 N–H and O–H groups in total. The highest BCUT2D eigenvalue weighted by atomic mass is 32.1. The molecule has 0 aliphatic rings. The van der Waals surface area contributed by atoms with Crippen LogP contribution < -0.4 is 10.6 Å². The van der Waals surface area contributed by atoms with Crippen molar-refractivity contribution in [3.8, 4) is 0 Å². The summed E-state index contributed by atoms with van der Waals surface area (Å²) >= 11 is 1.68. The maximum absolute atomic E-state index is 5.80. The van der Waals surface area contributed by atoms with Gasteiger partial charge >= 0.3 is 0 Å². The highest BCUT2D eigenvalue weighted by molar-refractivity contribution is 7.15. The van der Waals surface area contributed by atoms with Crippen LogP contribution in [0.25, 0.3) is 0 Å². The highest BCUT2D eigenvalue weighted by Crippen LogP contribution is 2.30. The molecular weight excluding hydrogens is 262 g/mol. The summed E-state index contributed by atoms with van der Waals surface area (Å²) in [5.41, 5.74) is 6.92. The van der Waals surface area contributed by atoms with Gasteiger partial charge in [-0.1, -0.05) is 13.8 Å². The first-order valence-corrected chi connectivity index (χ1v) is 7.38. The van der Waals surface area contributed by atoms with E-state index < -0.39 is 0 Å². The fourth-order valence-electron chi connectivity index (χ4n) is 1.79. The van der Waals surface area contributed by atoms with Crippen molar-refractivity contribution in [2.24, 2.45) is 5.73 Å². The zero-order valence-corrected chi connectivity index (χ0v) is 13.1. The second-order valence-electron chi connectivity index (χ2n) is 4.64. The largest absolute Gasteiger partial charge is 0.383 e. The Morgan fingerprint density at radius 2 is 1.79 bits per heavy atom. The molecule has 0 aliphatic carbocycles. The maximum atomic E-state index is 5.80. The number of thiazole rings is 1. The Morgan fingerprint density at radius 3 is 2.16 bits per heavy atom. The summed E-state index contributed by atoms with van der Waals surface area (Å²) in [5.74, 6) is 0.398. The van der Waals surface area contributed by atoms with E-state index >= 15 is 0 Å². The zero-order chi connectivity index (χ0) is 14.3. The lowest BCUT2D eigenvalue weighted by Crippen LogP contribution is -2.30. The molecule has 110 valence electrons. The van der Waals surface area contributed by atoms with Crippen molar-refractivity contribution < 1.29 is 9.47 Å². The number of hydrogen-bond donors (Lipinski definition) is 1. The highest BCUT2D eigenvalue weighted by Gasteiger charge is 2.17. The summed E-state index contributed by atoms with van der Waals surface area (Å²) in [4.78, 5) is 8.11. The van der Waals surface area contributed by atoms with E-state index in [9.17, 15) is 0 Å². The van der Waals surface area contributed by atoms with Gasteiger partial charge in [0.05, 0.1) is 18.9 Å². The van der Waals surface area contributed by atoms with Gasteiger partial charge in [0.1, 0.15) is 0 Å². The molecule has 19 heavy (non-hydrogen) atoms. The summed E-state index contributed by atoms with van der Waals surface area (Å²) in [6.45, 7) is 7.83. The second-order valence-corrected chi connectivity index (χ2v) is 5.70. The van der Waals surface area contributed by atoms with Crippen LogP contribution in [-0.2, 0) is 16.0 Å². The molecule has 1 aromatic rings. The summed E-state index contributed by atoms with van der Waals surface area (Å²) in [6, 6.07) is 0. The Bertz CT molecular complexity index is 361. The molecule has 1 aromatic heterocycles. The van der Waals surface area contributed by atoms with Crippen LogP contribution in [0.3, 0.4) is 0 Å². The fraction of sp³-hybridized carbons (Fsp3) is 0.769. The molecule has 0 atom stereocenters. The monoisotopic (exact) mass is 287 g/mol. The van der Waals surface area contributed by atoms with Gasteiger partial charge in [0.2, 0.25) is 0 Å². The third kappa shape index (κ3) is 4.72. The van der Waals surface area contributed by atoms with Crippen molar-refractivity contribution in [3.63, 3.8) is 0 Å². The molecular formula is C13H25N3O2S. The Hall–Kier alpha value is -0.690. The molecule has 0 unspecified atom stereocenters. The van der Waals surface area contributed by atoms with E-state index in [1.54, 1.807) is 25.6 Å². The minimum atomic E-state index is 0.398. The second kappa shape index (κ2) is 8.47. The number of nitrogens with zero attached hydrogens (tertiary/aromatic N) is 2. The summed E-state index contributed by atoms with van der Waals surface area (Å²) in [5, 5.41) is 1.01. The van der Waals surface area contributed by atoms with E-state index in [0.717, 1.165) is 23.9 Å². The number of rotatable bonds is 9. The van der Waals surface area contributed by atoms with E-state index in [1.165, 1.54) is 4.88 Å². The molecule has 0 bridgehead atoms. The first-order valence-electron chi connectivity index (χ1n) is 6.56. The fourth-order valence-corrected chi connectivity index (χ4v) is 2.93. The van der Waals surface area contributed by atoms with Crippen molar-refractivity contribution in [2.45, 2.75) is 26.3 Å². The van der Waals surface area contributed by atoms with Crippen LogP contribution >= 0.6 is 11.3 Å².